The summed E-state index contributed by atoms with van der Waals surface area (Å²) < 4.78 is 10.5. The molecule has 3 rings (SSSR count). The first-order valence-corrected chi connectivity index (χ1v) is 9.11. The van der Waals surface area contributed by atoms with Crippen LogP contribution in [0.5, 0.6) is 5.75 Å². The van der Waals surface area contributed by atoms with Gasteiger partial charge >= 0.3 is 5.97 Å². The van der Waals surface area contributed by atoms with Crippen LogP contribution in [0.25, 0.3) is 0 Å². The van der Waals surface area contributed by atoms with Crippen LogP contribution in [-0.2, 0) is 14.3 Å². The number of carbonyl (C=O) groups is 3. The fourth-order valence-corrected chi connectivity index (χ4v) is 3.32. The highest BCUT2D eigenvalue weighted by atomic mass is 16.5. The van der Waals surface area contributed by atoms with Gasteiger partial charge in [-0.2, -0.15) is 0 Å². The van der Waals surface area contributed by atoms with Crippen LogP contribution in [-0.4, -0.2) is 37.9 Å². The Labute approximate surface area is 164 Å². The first kappa shape index (κ1) is 19.6. The van der Waals surface area contributed by atoms with Crippen molar-refractivity contribution in [1.29, 1.82) is 0 Å². The van der Waals surface area contributed by atoms with Crippen molar-refractivity contribution in [3.05, 3.63) is 59.2 Å². The van der Waals surface area contributed by atoms with Gasteiger partial charge in [0, 0.05) is 18.5 Å². The van der Waals surface area contributed by atoms with Crippen molar-refractivity contribution in [2.45, 2.75) is 20.3 Å². The summed E-state index contributed by atoms with van der Waals surface area (Å²) in [6.45, 7) is 3.62. The molecule has 6 heteroatoms. The van der Waals surface area contributed by atoms with Crippen molar-refractivity contribution in [1.82, 2.24) is 0 Å². The Hall–Kier alpha value is -3.15. The van der Waals surface area contributed by atoms with Gasteiger partial charge in [0.1, 0.15) is 5.75 Å². The molecule has 0 spiro atoms. The summed E-state index contributed by atoms with van der Waals surface area (Å²) in [6.07, 6.45) is 0.0501. The molecule has 0 aliphatic carbocycles. The van der Waals surface area contributed by atoms with Crippen molar-refractivity contribution in [3.63, 3.8) is 0 Å². The smallest absolute Gasteiger partial charge is 0.311 e. The second-order valence-corrected chi connectivity index (χ2v) is 6.93. The first-order valence-electron chi connectivity index (χ1n) is 9.11. The van der Waals surface area contributed by atoms with Crippen molar-refractivity contribution in [2.75, 3.05) is 25.2 Å². The van der Waals surface area contributed by atoms with E-state index in [1.54, 1.807) is 24.3 Å². The summed E-state index contributed by atoms with van der Waals surface area (Å²) in [4.78, 5) is 38.7. The van der Waals surface area contributed by atoms with E-state index >= 15 is 0 Å². The predicted molar refractivity (Wildman–Crippen MR) is 105 cm³/mol. The Morgan fingerprint density at radius 1 is 1.14 bits per heavy atom. The number of anilines is 1. The van der Waals surface area contributed by atoms with Crippen molar-refractivity contribution < 1.29 is 23.9 Å². The number of ether oxygens (including phenoxy) is 2. The second-order valence-electron chi connectivity index (χ2n) is 6.93. The standard InChI is InChI=1S/C22H23NO5/c1-14-8-9-15(2)17(10-14)19(24)13-28-22(26)16-11-21(25)23(12-16)18-6-4-5-7-20(18)27-3/h4-10,16H,11-13H2,1-3H3/t16-/m1/s1. The molecule has 2 aromatic rings. The van der Waals surface area contributed by atoms with E-state index in [9.17, 15) is 14.4 Å². The van der Waals surface area contributed by atoms with E-state index in [-0.39, 0.29) is 31.3 Å². The average molecular weight is 381 g/mol. The van der Waals surface area contributed by atoms with E-state index in [0.29, 0.717) is 17.0 Å². The zero-order valence-electron chi connectivity index (χ0n) is 16.2. The van der Waals surface area contributed by atoms with Gasteiger partial charge in [-0.05, 0) is 37.6 Å². The third kappa shape index (κ3) is 4.06. The lowest BCUT2D eigenvalue weighted by atomic mass is 10.0. The summed E-state index contributed by atoms with van der Waals surface area (Å²) in [5.74, 6) is -1.00. The molecule has 1 amide bonds. The normalized spacial score (nSPS) is 16.2. The van der Waals surface area contributed by atoms with Crippen LogP contribution in [0, 0.1) is 19.8 Å². The molecular formula is C22H23NO5. The quantitative estimate of drug-likeness (QED) is 0.568. The summed E-state index contributed by atoms with van der Waals surface area (Å²) in [5, 5.41) is 0. The summed E-state index contributed by atoms with van der Waals surface area (Å²) >= 11 is 0. The van der Waals surface area contributed by atoms with Gasteiger partial charge < -0.3 is 14.4 Å². The minimum Gasteiger partial charge on any atom is -0.495 e. The zero-order valence-corrected chi connectivity index (χ0v) is 16.2. The molecule has 28 heavy (non-hydrogen) atoms. The molecule has 0 saturated carbocycles. The van der Waals surface area contributed by atoms with Gasteiger partial charge in [-0.1, -0.05) is 29.8 Å². The molecule has 2 aromatic carbocycles. The Bertz CT molecular complexity index is 921. The fourth-order valence-electron chi connectivity index (χ4n) is 3.32. The number of para-hydroxylation sites is 2. The number of benzene rings is 2. The molecule has 1 atom stereocenters. The van der Waals surface area contributed by atoms with E-state index < -0.39 is 11.9 Å². The average Bonchev–Trinajstić information content (AvgIpc) is 3.09. The number of methoxy groups -OCH3 is 1. The largest absolute Gasteiger partial charge is 0.495 e. The molecule has 1 aliphatic rings. The van der Waals surface area contributed by atoms with Gasteiger partial charge in [0.25, 0.3) is 0 Å². The molecule has 1 heterocycles. The van der Waals surface area contributed by atoms with Crippen LogP contribution < -0.4 is 9.64 Å². The van der Waals surface area contributed by atoms with Gasteiger partial charge in [0.05, 0.1) is 18.7 Å². The van der Waals surface area contributed by atoms with Crippen molar-refractivity contribution in [2.24, 2.45) is 5.92 Å². The number of Topliss-reactive ketones (excluding diaryl/α,β-unsaturated/α-hetero) is 1. The number of rotatable bonds is 6. The molecule has 1 fully saturated rings. The number of hydrogen-bond donors (Lipinski definition) is 0. The maximum atomic E-state index is 12.4. The Morgan fingerprint density at radius 3 is 2.64 bits per heavy atom. The monoisotopic (exact) mass is 381 g/mol. The third-order valence-corrected chi connectivity index (χ3v) is 4.87. The highest BCUT2D eigenvalue weighted by Crippen LogP contribution is 2.33. The lowest BCUT2D eigenvalue weighted by Crippen LogP contribution is -2.27. The highest BCUT2D eigenvalue weighted by Gasteiger charge is 2.37. The Kier molecular flexibility index (Phi) is 5.78. The van der Waals surface area contributed by atoms with E-state index in [1.807, 2.05) is 32.0 Å². The molecule has 0 N–H and O–H groups in total. The van der Waals surface area contributed by atoms with Crippen LogP contribution in [0.1, 0.15) is 27.9 Å². The van der Waals surface area contributed by atoms with Crippen molar-refractivity contribution in [3.8, 4) is 5.75 Å². The van der Waals surface area contributed by atoms with Crippen LogP contribution in [0.4, 0.5) is 5.69 Å². The van der Waals surface area contributed by atoms with Gasteiger partial charge in [-0.15, -0.1) is 0 Å². The van der Waals surface area contributed by atoms with Crippen LogP contribution in [0.15, 0.2) is 42.5 Å². The van der Waals surface area contributed by atoms with Crippen LogP contribution >= 0.6 is 0 Å². The number of carbonyl (C=O) groups excluding carboxylic acids is 3. The number of ketones is 1. The molecule has 1 saturated heterocycles. The molecule has 0 aromatic heterocycles. The second kappa shape index (κ2) is 8.25. The van der Waals surface area contributed by atoms with Crippen molar-refractivity contribution >= 4 is 23.3 Å². The number of aryl methyl sites for hydroxylation is 2. The molecule has 146 valence electrons. The van der Waals surface area contributed by atoms with Gasteiger partial charge in [-0.3, -0.25) is 14.4 Å². The van der Waals surface area contributed by atoms with Gasteiger partial charge in [-0.25, -0.2) is 0 Å². The highest BCUT2D eigenvalue weighted by molar-refractivity contribution is 6.02. The molecule has 0 unspecified atom stereocenters. The van der Waals surface area contributed by atoms with E-state index in [0.717, 1.165) is 11.1 Å². The summed E-state index contributed by atoms with van der Waals surface area (Å²) in [5.41, 5.74) is 2.97. The number of nitrogens with zero attached hydrogens (tertiary/aromatic N) is 1. The Balaban J connectivity index is 1.63. The van der Waals surface area contributed by atoms with E-state index in [4.69, 9.17) is 9.47 Å². The molecular weight excluding hydrogens is 358 g/mol. The number of hydrogen-bond acceptors (Lipinski definition) is 5. The van der Waals surface area contributed by atoms with Gasteiger partial charge in [0.15, 0.2) is 6.61 Å². The van der Waals surface area contributed by atoms with Crippen LogP contribution in [0.2, 0.25) is 0 Å². The lowest BCUT2D eigenvalue weighted by Gasteiger charge is -2.19. The fraction of sp³-hybridized carbons (Fsp3) is 0.318. The predicted octanol–water partition coefficient (Wildman–Crippen LogP) is 3.09. The zero-order chi connectivity index (χ0) is 20.3. The van der Waals surface area contributed by atoms with E-state index in [1.165, 1.54) is 12.0 Å². The molecule has 6 nitrogen and oxygen atoms in total. The maximum Gasteiger partial charge on any atom is 0.311 e. The minimum atomic E-state index is -0.608. The number of esters is 1. The third-order valence-electron chi connectivity index (χ3n) is 4.87. The Morgan fingerprint density at radius 2 is 1.89 bits per heavy atom. The topological polar surface area (TPSA) is 72.9 Å². The van der Waals surface area contributed by atoms with Gasteiger partial charge in [0.2, 0.25) is 11.7 Å². The maximum absolute atomic E-state index is 12.4. The molecule has 0 radical (unpaired) electrons. The molecule has 1 aliphatic heterocycles. The minimum absolute atomic E-state index is 0.0501. The summed E-state index contributed by atoms with van der Waals surface area (Å²) in [6, 6.07) is 12.7. The summed E-state index contributed by atoms with van der Waals surface area (Å²) in [7, 11) is 1.53. The lowest BCUT2D eigenvalue weighted by molar-refractivity contribution is -0.147. The molecule has 0 bridgehead atoms. The van der Waals surface area contributed by atoms with E-state index in [2.05, 4.69) is 0 Å². The first-order chi connectivity index (χ1) is 13.4. The van der Waals surface area contributed by atoms with Crippen LogP contribution in [0.3, 0.4) is 0 Å². The SMILES string of the molecule is COc1ccccc1N1C[C@H](C(=O)OCC(=O)c2cc(C)ccc2C)CC1=O. The number of amides is 1.